The summed E-state index contributed by atoms with van der Waals surface area (Å²) < 4.78 is 6.87. The number of ether oxygens (including phenoxy) is 1. The van der Waals surface area contributed by atoms with E-state index >= 15 is 0 Å². The molecule has 15 heavy (non-hydrogen) atoms. The normalized spacial score (nSPS) is 25.7. The van der Waals surface area contributed by atoms with Gasteiger partial charge in [0.2, 0.25) is 0 Å². The molecule has 0 aromatic carbocycles. The Balaban J connectivity index is 2.17. The molecule has 1 saturated heterocycles. The lowest BCUT2D eigenvalue weighted by Crippen LogP contribution is -2.34. The Labute approximate surface area is 87.7 Å². The second-order valence-electron chi connectivity index (χ2n) is 4.05. The first-order valence-electron chi connectivity index (χ1n) is 4.92. The van der Waals surface area contributed by atoms with E-state index in [1.54, 1.807) is 4.68 Å². The zero-order valence-corrected chi connectivity index (χ0v) is 8.64. The van der Waals surface area contributed by atoms with E-state index in [1.165, 1.54) is 0 Å². The quantitative estimate of drug-likeness (QED) is 0.786. The van der Waals surface area contributed by atoms with Crippen molar-refractivity contribution in [1.29, 1.82) is 0 Å². The topological polar surface area (TPSA) is 64.4 Å². The van der Waals surface area contributed by atoms with Gasteiger partial charge in [-0.25, -0.2) is 0 Å². The minimum Gasteiger partial charge on any atom is -0.481 e. The molecule has 1 aromatic rings. The first kappa shape index (κ1) is 10.2. The van der Waals surface area contributed by atoms with Gasteiger partial charge in [0.1, 0.15) is 0 Å². The van der Waals surface area contributed by atoms with Crippen molar-refractivity contribution in [3.8, 4) is 0 Å². The molecule has 0 bridgehead atoms. The Morgan fingerprint density at radius 1 is 1.80 bits per heavy atom. The number of aliphatic carboxylic acids is 1. The highest BCUT2D eigenvalue weighted by Crippen LogP contribution is 2.32. The van der Waals surface area contributed by atoms with Crippen molar-refractivity contribution in [2.45, 2.75) is 12.8 Å². The molecule has 1 aliphatic rings. The largest absolute Gasteiger partial charge is 0.481 e. The molecule has 1 unspecified atom stereocenters. The summed E-state index contributed by atoms with van der Waals surface area (Å²) in [5.41, 5.74) is 0.0411. The molecule has 5 heteroatoms. The average Bonchev–Trinajstić information content (AvgIpc) is 2.77. The van der Waals surface area contributed by atoms with Crippen LogP contribution in [-0.2, 0) is 23.0 Å². The number of hydrogen-bond donors (Lipinski definition) is 1. The number of aryl methyl sites for hydroxylation is 1. The summed E-state index contributed by atoms with van der Waals surface area (Å²) >= 11 is 0. The van der Waals surface area contributed by atoms with Crippen LogP contribution in [0.4, 0.5) is 0 Å². The first-order chi connectivity index (χ1) is 7.12. The molecule has 2 heterocycles. The number of hydrogen-bond acceptors (Lipinski definition) is 3. The molecule has 1 N–H and O–H groups in total. The van der Waals surface area contributed by atoms with Gasteiger partial charge in [-0.15, -0.1) is 0 Å². The fraction of sp³-hybridized carbons (Fsp3) is 0.600. The monoisotopic (exact) mass is 210 g/mol. The Kier molecular flexibility index (Phi) is 2.48. The highest BCUT2D eigenvalue weighted by Gasteiger charge is 2.43. The fourth-order valence-corrected chi connectivity index (χ4v) is 1.90. The fourth-order valence-electron chi connectivity index (χ4n) is 1.90. The van der Waals surface area contributed by atoms with Crippen LogP contribution in [0.2, 0.25) is 0 Å². The number of aromatic nitrogens is 2. The van der Waals surface area contributed by atoms with Crippen molar-refractivity contribution >= 4 is 5.97 Å². The van der Waals surface area contributed by atoms with Crippen molar-refractivity contribution in [2.24, 2.45) is 12.5 Å². The van der Waals surface area contributed by atoms with Crippen molar-refractivity contribution < 1.29 is 14.6 Å². The number of carbonyl (C=O) groups is 1. The summed E-state index contributed by atoms with van der Waals surface area (Å²) in [6.07, 6.45) is 2.84. The molecular formula is C10H14N2O3. The molecule has 0 aliphatic carbocycles. The summed E-state index contributed by atoms with van der Waals surface area (Å²) in [7, 11) is 1.82. The lowest BCUT2D eigenvalue weighted by molar-refractivity contribution is -0.148. The maximum atomic E-state index is 11.2. The Morgan fingerprint density at radius 2 is 2.60 bits per heavy atom. The van der Waals surface area contributed by atoms with E-state index in [2.05, 4.69) is 5.10 Å². The van der Waals surface area contributed by atoms with Crippen molar-refractivity contribution in [3.63, 3.8) is 0 Å². The van der Waals surface area contributed by atoms with Crippen LogP contribution in [0, 0.1) is 5.41 Å². The molecule has 0 amide bonds. The molecule has 2 rings (SSSR count). The van der Waals surface area contributed by atoms with E-state index in [9.17, 15) is 9.90 Å². The highest BCUT2D eigenvalue weighted by molar-refractivity contribution is 5.75. The summed E-state index contributed by atoms with van der Waals surface area (Å²) in [5.74, 6) is -0.786. The van der Waals surface area contributed by atoms with E-state index in [4.69, 9.17) is 4.74 Å². The number of nitrogens with zero attached hydrogens (tertiary/aromatic N) is 2. The zero-order chi connectivity index (χ0) is 10.9. The Morgan fingerprint density at radius 3 is 3.07 bits per heavy atom. The predicted octanol–water partition coefficient (Wildman–Crippen LogP) is 0.454. The zero-order valence-electron chi connectivity index (χ0n) is 8.64. The van der Waals surface area contributed by atoms with Gasteiger partial charge in [-0.2, -0.15) is 5.10 Å². The predicted molar refractivity (Wildman–Crippen MR) is 52.4 cm³/mol. The highest BCUT2D eigenvalue weighted by atomic mass is 16.5. The van der Waals surface area contributed by atoms with Gasteiger partial charge in [-0.3, -0.25) is 9.48 Å². The van der Waals surface area contributed by atoms with Crippen LogP contribution in [0.1, 0.15) is 12.1 Å². The Hall–Kier alpha value is -1.36. The maximum absolute atomic E-state index is 11.2. The van der Waals surface area contributed by atoms with Gasteiger partial charge in [-0.1, -0.05) is 0 Å². The van der Waals surface area contributed by atoms with Crippen molar-refractivity contribution in [2.75, 3.05) is 13.2 Å². The minimum absolute atomic E-state index is 0.291. The maximum Gasteiger partial charge on any atom is 0.312 e. The molecule has 1 aliphatic heterocycles. The molecule has 5 nitrogen and oxygen atoms in total. The van der Waals surface area contributed by atoms with Crippen molar-refractivity contribution in [3.05, 3.63) is 18.0 Å². The summed E-state index contributed by atoms with van der Waals surface area (Å²) in [6, 6.07) is 1.85. The molecule has 1 fully saturated rings. The third-order valence-electron chi connectivity index (χ3n) is 2.85. The van der Waals surface area contributed by atoms with Crippen LogP contribution < -0.4 is 0 Å². The molecule has 0 radical (unpaired) electrons. The minimum atomic E-state index is -0.786. The van der Waals surface area contributed by atoms with Crippen LogP contribution in [0.5, 0.6) is 0 Å². The van der Waals surface area contributed by atoms with E-state index < -0.39 is 11.4 Å². The van der Waals surface area contributed by atoms with Gasteiger partial charge >= 0.3 is 5.97 Å². The lowest BCUT2D eigenvalue weighted by Gasteiger charge is -2.20. The summed E-state index contributed by atoms with van der Waals surface area (Å²) in [5, 5.41) is 13.4. The van der Waals surface area contributed by atoms with Crippen LogP contribution in [0.3, 0.4) is 0 Å². The third-order valence-corrected chi connectivity index (χ3v) is 2.85. The van der Waals surface area contributed by atoms with Crippen LogP contribution in [0.25, 0.3) is 0 Å². The summed E-state index contributed by atoms with van der Waals surface area (Å²) in [6.45, 7) is 0.818. The molecule has 82 valence electrons. The van der Waals surface area contributed by atoms with Crippen LogP contribution in [-0.4, -0.2) is 34.1 Å². The molecule has 0 spiro atoms. The number of carboxylic acid groups (broad SMARTS) is 1. The smallest absolute Gasteiger partial charge is 0.312 e. The molecule has 1 atom stereocenters. The third kappa shape index (κ3) is 1.87. The SMILES string of the molecule is Cn1ccc(CC2(C(=O)O)CCOC2)n1. The van der Waals surface area contributed by atoms with E-state index in [0.717, 1.165) is 5.69 Å². The second kappa shape index (κ2) is 3.66. The standard InChI is InChI=1S/C10H14N2O3/c1-12-4-2-8(11-12)6-10(9(13)14)3-5-15-7-10/h2,4H,3,5-7H2,1H3,(H,13,14). The van der Waals surface area contributed by atoms with Crippen LogP contribution >= 0.6 is 0 Å². The van der Waals surface area contributed by atoms with Gasteiger partial charge in [0.25, 0.3) is 0 Å². The van der Waals surface area contributed by atoms with E-state index in [1.807, 2.05) is 19.3 Å². The number of carboxylic acids is 1. The molecule has 1 aromatic heterocycles. The lowest BCUT2D eigenvalue weighted by atomic mass is 9.83. The van der Waals surface area contributed by atoms with Gasteiger partial charge in [0.15, 0.2) is 0 Å². The van der Waals surface area contributed by atoms with Gasteiger partial charge in [0.05, 0.1) is 17.7 Å². The van der Waals surface area contributed by atoms with Crippen molar-refractivity contribution in [1.82, 2.24) is 9.78 Å². The summed E-state index contributed by atoms with van der Waals surface area (Å²) in [4.78, 5) is 11.2. The van der Waals surface area contributed by atoms with Crippen LogP contribution in [0.15, 0.2) is 12.3 Å². The number of rotatable bonds is 3. The molecular weight excluding hydrogens is 196 g/mol. The van der Waals surface area contributed by atoms with E-state index in [-0.39, 0.29) is 0 Å². The van der Waals surface area contributed by atoms with Gasteiger partial charge < -0.3 is 9.84 Å². The van der Waals surface area contributed by atoms with Gasteiger partial charge in [-0.05, 0) is 12.5 Å². The second-order valence-corrected chi connectivity index (χ2v) is 4.05. The average molecular weight is 210 g/mol. The first-order valence-corrected chi connectivity index (χ1v) is 4.92. The van der Waals surface area contributed by atoms with E-state index in [0.29, 0.717) is 26.1 Å². The molecule has 0 saturated carbocycles. The Bertz CT molecular complexity index is 366. The van der Waals surface area contributed by atoms with Gasteiger partial charge in [0, 0.05) is 26.3 Å².